The Hall–Kier alpha value is -4.65. The van der Waals surface area contributed by atoms with E-state index in [1.165, 1.54) is 0 Å². The van der Waals surface area contributed by atoms with Crippen LogP contribution in [0.3, 0.4) is 0 Å². The number of benzene rings is 4. The molecule has 0 fully saturated rings. The van der Waals surface area contributed by atoms with Crippen LogP contribution < -0.4 is 10.6 Å². The zero-order valence-electron chi connectivity index (χ0n) is 26.5. The molecule has 2 atom stereocenters. The molecule has 2 N–H and O–H groups in total. The Bertz CT molecular complexity index is 1610. The van der Waals surface area contributed by atoms with Crippen LogP contribution >= 0.6 is 0 Å². The minimum atomic E-state index is -0.957. The van der Waals surface area contributed by atoms with Crippen LogP contribution in [0.4, 0.5) is 10.5 Å². The smallest absolute Gasteiger partial charge is 0.408 e. The first-order chi connectivity index (χ1) is 20.9. The molecule has 0 radical (unpaired) electrons. The fourth-order valence-corrected chi connectivity index (χ4v) is 5.19. The first kappa shape index (κ1) is 32.3. The largest absolute Gasteiger partial charge is 0.444 e. The molecular formula is C37H43N3O4. The van der Waals surface area contributed by atoms with E-state index in [1.807, 2.05) is 112 Å². The van der Waals surface area contributed by atoms with Crippen molar-refractivity contribution < 1.29 is 19.1 Å². The fourth-order valence-electron chi connectivity index (χ4n) is 5.19. The summed E-state index contributed by atoms with van der Waals surface area (Å²) in [5, 5.41) is 7.95. The molecule has 0 aliphatic carbocycles. The Morgan fingerprint density at radius 1 is 0.818 bits per heavy atom. The van der Waals surface area contributed by atoms with Gasteiger partial charge in [-0.05, 0) is 86.2 Å². The molecule has 0 saturated heterocycles. The molecule has 0 aliphatic heterocycles. The van der Waals surface area contributed by atoms with E-state index in [-0.39, 0.29) is 18.2 Å². The van der Waals surface area contributed by atoms with Crippen molar-refractivity contribution in [2.75, 3.05) is 11.9 Å². The molecule has 0 bridgehead atoms. The van der Waals surface area contributed by atoms with Gasteiger partial charge < -0.3 is 20.3 Å². The quantitative estimate of drug-likeness (QED) is 0.199. The summed E-state index contributed by atoms with van der Waals surface area (Å²) in [4.78, 5) is 43.3. The van der Waals surface area contributed by atoms with Crippen molar-refractivity contribution in [2.24, 2.45) is 0 Å². The average Bonchev–Trinajstić information content (AvgIpc) is 2.97. The maximum Gasteiger partial charge on any atom is 0.408 e. The number of rotatable bonds is 10. The van der Waals surface area contributed by atoms with Gasteiger partial charge in [0.2, 0.25) is 5.91 Å². The van der Waals surface area contributed by atoms with Gasteiger partial charge in [0.1, 0.15) is 17.7 Å². The van der Waals surface area contributed by atoms with E-state index in [0.29, 0.717) is 24.2 Å². The third-order valence-corrected chi connectivity index (χ3v) is 7.44. The second-order valence-electron chi connectivity index (χ2n) is 12.2. The van der Waals surface area contributed by atoms with Crippen molar-refractivity contribution in [3.8, 4) is 0 Å². The molecule has 7 heteroatoms. The van der Waals surface area contributed by atoms with Gasteiger partial charge in [-0.2, -0.15) is 0 Å². The number of nitrogens with zero attached hydrogens (tertiary/aromatic N) is 1. The van der Waals surface area contributed by atoms with Gasteiger partial charge >= 0.3 is 6.09 Å². The summed E-state index contributed by atoms with van der Waals surface area (Å²) in [6, 6.07) is 27.1. The summed E-state index contributed by atoms with van der Waals surface area (Å²) in [6.45, 7) is 11.6. The summed E-state index contributed by atoms with van der Waals surface area (Å²) in [5.74, 6) is -0.695. The minimum Gasteiger partial charge on any atom is -0.444 e. The highest BCUT2D eigenvalue weighted by Crippen LogP contribution is 2.28. The van der Waals surface area contributed by atoms with Gasteiger partial charge in [-0.15, -0.1) is 0 Å². The number of anilines is 1. The van der Waals surface area contributed by atoms with E-state index in [1.54, 1.807) is 25.7 Å². The monoisotopic (exact) mass is 593 g/mol. The molecule has 0 saturated carbocycles. The highest BCUT2D eigenvalue weighted by atomic mass is 16.6. The van der Waals surface area contributed by atoms with E-state index in [9.17, 15) is 14.4 Å². The van der Waals surface area contributed by atoms with Crippen molar-refractivity contribution in [1.82, 2.24) is 10.2 Å². The zero-order valence-corrected chi connectivity index (χ0v) is 26.5. The molecule has 4 rings (SSSR count). The van der Waals surface area contributed by atoms with Gasteiger partial charge in [-0.3, -0.25) is 9.59 Å². The highest BCUT2D eigenvalue weighted by molar-refractivity contribution is 6.00. The lowest BCUT2D eigenvalue weighted by Gasteiger charge is -2.34. The van der Waals surface area contributed by atoms with E-state index in [0.717, 1.165) is 27.5 Å². The minimum absolute atomic E-state index is 0.241. The summed E-state index contributed by atoms with van der Waals surface area (Å²) in [6.07, 6.45) is 0.165. The summed E-state index contributed by atoms with van der Waals surface area (Å²) < 4.78 is 5.53. The Kier molecular flexibility index (Phi) is 10.4. The number of fused-ring (bicyclic) bond motifs is 1. The molecule has 44 heavy (non-hydrogen) atoms. The van der Waals surface area contributed by atoms with E-state index in [2.05, 4.69) is 10.6 Å². The number of ether oxygens (including phenoxy) is 1. The number of carbonyl (C=O) groups excluding carboxylic acids is 3. The van der Waals surface area contributed by atoms with Gasteiger partial charge in [0, 0.05) is 18.7 Å². The molecule has 4 aromatic rings. The van der Waals surface area contributed by atoms with Crippen molar-refractivity contribution in [3.63, 3.8) is 0 Å². The molecular weight excluding hydrogens is 550 g/mol. The maximum atomic E-state index is 14.5. The van der Waals surface area contributed by atoms with Crippen LogP contribution in [-0.2, 0) is 20.7 Å². The lowest BCUT2D eigenvalue weighted by Crippen LogP contribution is -2.53. The second-order valence-corrected chi connectivity index (χ2v) is 12.2. The van der Waals surface area contributed by atoms with Gasteiger partial charge in [0.05, 0.1) is 0 Å². The highest BCUT2D eigenvalue weighted by Gasteiger charge is 2.36. The second kappa shape index (κ2) is 14.2. The van der Waals surface area contributed by atoms with Crippen molar-refractivity contribution in [1.29, 1.82) is 0 Å². The van der Waals surface area contributed by atoms with Gasteiger partial charge in [0.25, 0.3) is 5.91 Å². The molecule has 0 aliphatic rings. The van der Waals surface area contributed by atoms with Crippen LogP contribution in [-0.4, -0.2) is 41.0 Å². The summed E-state index contributed by atoms with van der Waals surface area (Å²) in [5.41, 5.74) is 3.58. The molecule has 4 aromatic carbocycles. The topological polar surface area (TPSA) is 87.7 Å². The fraction of sp³-hybridized carbons (Fsp3) is 0.324. The molecule has 2 unspecified atom stereocenters. The first-order valence-corrected chi connectivity index (χ1v) is 15.2. The summed E-state index contributed by atoms with van der Waals surface area (Å²) >= 11 is 0. The zero-order chi connectivity index (χ0) is 31.9. The Labute approximate surface area is 260 Å². The third kappa shape index (κ3) is 8.47. The van der Waals surface area contributed by atoms with E-state index < -0.39 is 23.8 Å². The van der Waals surface area contributed by atoms with E-state index >= 15 is 0 Å². The maximum absolute atomic E-state index is 14.5. The van der Waals surface area contributed by atoms with Crippen LogP contribution in [0.15, 0.2) is 91.0 Å². The van der Waals surface area contributed by atoms with Crippen LogP contribution in [0, 0.1) is 13.8 Å². The van der Waals surface area contributed by atoms with Crippen molar-refractivity contribution in [3.05, 3.63) is 113 Å². The molecule has 3 amide bonds. The lowest BCUT2D eigenvalue weighted by atomic mass is 9.97. The van der Waals surface area contributed by atoms with E-state index in [4.69, 9.17) is 4.74 Å². The van der Waals surface area contributed by atoms with Crippen LogP contribution in [0.1, 0.15) is 62.4 Å². The molecule has 0 heterocycles. The standard InChI is InChI=1S/C37H43N3O4/c1-7-21-40(35(42)32(23-27-13-9-8-10-14-27)39-36(43)44-37(4,5)6)33(30-18-17-25(2)26(3)22-30)34(41)38-31-20-19-28-15-11-12-16-29(28)24-31/h8-20,22,24,32-33H,7,21,23H2,1-6H3,(H,38,41)(H,39,43). The van der Waals surface area contributed by atoms with Crippen LogP contribution in [0.5, 0.6) is 0 Å². The number of carbonyl (C=O) groups is 3. The summed E-state index contributed by atoms with van der Waals surface area (Å²) in [7, 11) is 0. The third-order valence-electron chi connectivity index (χ3n) is 7.44. The van der Waals surface area contributed by atoms with Crippen LogP contribution in [0.25, 0.3) is 10.8 Å². The molecule has 230 valence electrons. The van der Waals surface area contributed by atoms with Crippen molar-refractivity contribution >= 4 is 34.4 Å². The number of hydrogen-bond donors (Lipinski definition) is 2. The van der Waals surface area contributed by atoms with Gasteiger partial charge in [0.15, 0.2) is 0 Å². The number of alkyl carbamates (subject to hydrolysis) is 1. The van der Waals surface area contributed by atoms with Gasteiger partial charge in [-0.1, -0.05) is 85.8 Å². The van der Waals surface area contributed by atoms with Gasteiger partial charge in [-0.25, -0.2) is 4.79 Å². The number of hydrogen-bond acceptors (Lipinski definition) is 4. The van der Waals surface area contributed by atoms with Crippen LogP contribution in [0.2, 0.25) is 0 Å². The predicted molar refractivity (Wildman–Crippen MR) is 177 cm³/mol. The average molecular weight is 594 g/mol. The predicted octanol–water partition coefficient (Wildman–Crippen LogP) is 7.51. The van der Waals surface area contributed by atoms with Crippen molar-refractivity contribution in [2.45, 2.75) is 72.1 Å². The molecule has 0 aromatic heterocycles. The Morgan fingerprint density at radius 2 is 1.50 bits per heavy atom. The number of aryl methyl sites for hydroxylation is 2. The molecule has 7 nitrogen and oxygen atoms in total. The SMILES string of the molecule is CCCN(C(=O)C(Cc1ccccc1)NC(=O)OC(C)(C)C)C(C(=O)Nc1ccc2ccccc2c1)c1ccc(C)c(C)c1. The number of amides is 3. The Balaban J connectivity index is 1.74. The normalized spacial score (nSPS) is 12.7. The number of nitrogens with one attached hydrogen (secondary N) is 2. The first-order valence-electron chi connectivity index (χ1n) is 15.2. The Morgan fingerprint density at radius 3 is 2.16 bits per heavy atom. The molecule has 0 spiro atoms. The lowest BCUT2D eigenvalue weighted by molar-refractivity contribution is -0.140.